The fourth-order valence-corrected chi connectivity index (χ4v) is 3.14. The van der Waals surface area contributed by atoms with E-state index in [-0.39, 0.29) is 0 Å². The molecule has 0 aliphatic carbocycles. The van der Waals surface area contributed by atoms with Crippen molar-refractivity contribution >= 4 is 46.0 Å². The van der Waals surface area contributed by atoms with E-state index >= 15 is 0 Å². The predicted octanol–water partition coefficient (Wildman–Crippen LogP) is 3.39. The van der Waals surface area contributed by atoms with E-state index in [1.54, 1.807) is 17.5 Å². The Bertz CT molecular complexity index is 595. The molecule has 0 aliphatic rings. The number of thiocarbonyl (C=S) groups is 1. The van der Waals surface area contributed by atoms with Gasteiger partial charge in [-0.25, -0.2) is 4.98 Å². The van der Waals surface area contributed by atoms with Gasteiger partial charge in [-0.2, -0.15) is 0 Å². The van der Waals surface area contributed by atoms with Gasteiger partial charge in [0.15, 0.2) is 0 Å². The van der Waals surface area contributed by atoms with E-state index in [4.69, 9.17) is 29.6 Å². The fraction of sp³-hybridized carbons (Fsp3) is 0.231. The fourth-order valence-electron chi connectivity index (χ4n) is 1.79. The van der Waals surface area contributed by atoms with E-state index in [2.05, 4.69) is 10.3 Å². The van der Waals surface area contributed by atoms with Crippen molar-refractivity contribution in [2.75, 3.05) is 11.9 Å². The lowest BCUT2D eigenvalue weighted by atomic mass is 10.1. The van der Waals surface area contributed by atoms with Gasteiger partial charge in [0.05, 0.1) is 9.90 Å². The maximum Gasteiger partial charge on any atom is 0.136 e. The van der Waals surface area contributed by atoms with Crippen molar-refractivity contribution in [2.45, 2.75) is 13.3 Å². The Morgan fingerprint density at radius 2 is 2.26 bits per heavy atom. The zero-order chi connectivity index (χ0) is 13.8. The van der Waals surface area contributed by atoms with Gasteiger partial charge in [0, 0.05) is 17.6 Å². The van der Waals surface area contributed by atoms with Gasteiger partial charge >= 0.3 is 0 Å². The van der Waals surface area contributed by atoms with Crippen molar-refractivity contribution in [2.24, 2.45) is 5.73 Å². The molecule has 2 rings (SSSR count). The van der Waals surface area contributed by atoms with Crippen molar-refractivity contribution in [1.82, 2.24) is 4.98 Å². The molecule has 2 aromatic rings. The van der Waals surface area contributed by atoms with Gasteiger partial charge in [0.2, 0.25) is 0 Å². The maximum absolute atomic E-state index is 5.90. The first-order valence-electron chi connectivity index (χ1n) is 5.81. The number of rotatable bonds is 5. The summed E-state index contributed by atoms with van der Waals surface area (Å²) in [6.07, 6.45) is 2.64. The van der Waals surface area contributed by atoms with Crippen LogP contribution in [-0.2, 0) is 6.42 Å². The number of hydrogen-bond donors (Lipinski definition) is 2. The smallest absolute Gasteiger partial charge is 0.136 e. The Morgan fingerprint density at radius 1 is 1.47 bits per heavy atom. The van der Waals surface area contributed by atoms with E-state index in [1.807, 2.05) is 25.1 Å². The second-order valence-electron chi connectivity index (χ2n) is 4.10. The number of aryl methyl sites for hydroxylation is 1. The molecule has 0 saturated heterocycles. The molecule has 6 heteroatoms. The van der Waals surface area contributed by atoms with E-state index in [0.717, 1.165) is 34.2 Å². The molecule has 0 aromatic carbocycles. The molecule has 2 aromatic heterocycles. The molecule has 0 unspecified atom stereocenters. The standard InChI is InChI=1S/C13H14ClN3S2/c1-8-4-6-16-13(11(8)12(15)18)17-7-5-9-2-3-10(14)19-9/h2-4,6H,5,7H2,1H3,(H2,15,18)(H,16,17). The van der Waals surface area contributed by atoms with Crippen LogP contribution in [0.1, 0.15) is 16.0 Å². The highest BCUT2D eigenvalue weighted by molar-refractivity contribution is 7.80. The normalized spacial score (nSPS) is 10.4. The Hall–Kier alpha value is -1.17. The van der Waals surface area contributed by atoms with E-state index in [9.17, 15) is 0 Å². The van der Waals surface area contributed by atoms with Crippen LogP contribution in [0, 0.1) is 6.92 Å². The molecular formula is C13H14ClN3S2. The monoisotopic (exact) mass is 311 g/mol. The average Bonchev–Trinajstić information content (AvgIpc) is 2.74. The van der Waals surface area contributed by atoms with Crippen LogP contribution >= 0.6 is 35.2 Å². The van der Waals surface area contributed by atoms with Crippen molar-refractivity contribution in [3.8, 4) is 0 Å². The summed E-state index contributed by atoms with van der Waals surface area (Å²) in [6, 6.07) is 5.85. The Morgan fingerprint density at radius 3 is 2.89 bits per heavy atom. The molecule has 0 aliphatic heterocycles. The van der Waals surface area contributed by atoms with Crippen LogP contribution in [0.2, 0.25) is 4.34 Å². The topological polar surface area (TPSA) is 50.9 Å². The molecule has 0 radical (unpaired) electrons. The van der Waals surface area contributed by atoms with Gasteiger partial charge in [-0.15, -0.1) is 11.3 Å². The highest BCUT2D eigenvalue weighted by Crippen LogP contribution is 2.22. The summed E-state index contributed by atoms with van der Waals surface area (Å²) in [5.41, 5.74) is 7.59. The Kier molecular flexibility index (Phi) is 4.74. The summed E-state index contributed by atoms with van der Waals surface area (Å²) in [5, 5.41) is 3.28. The minimum absolute atomic E-state index is 0.368. The number of thiophene rings is 1. The summed E-state index contributed by atoms with van der Waals surface area (Å²) >= 11 is 12.6. The first-order chi connectivity index (χ1) is 9.08. The largest absolute Gasteiger partial charge is 0.389 e. The second kappa shape index (κ2) is 6.32. The molecule has 0 atom stereocenters. The number of aromatic nitrogens is 1. The van der Waals surface area contributed by atoms with Gasteiger partial charge in [-0.3, -0.25) is 0 Å². The first-order valence-corrected chi connectivity index (χ1v) is 7.41. The molecular weight excluding hydrogens is 298 g/mol. The molecule has 3 nitrogen and oxygen atoms in total. The maximum atomic E-state index is 5.90. The molecule has 0 saturated carbocycles. The summed E-state index contributed by atoms with van der Waals surface area (Å²) in [7, 11) is 0. The van der Waals surface area contributed by atoms with Crippen molar-refractivity contribution in [3.05, 3.63) is 44.7 Å². The minimum Gasteiger partial charge on any atom is -0.389 e. The number of hydrogen-bond acceptors (Lipinski definition) is 4. The third kappa shape index (κ3) is 3.65. The second-order valence-corrected chi connectivity index (χ2v) is 6.34. The van der Waals surface area contributed by atoms with Crippen LogP contribution in [0.15, 0.2) is 24.4 Å². The third-order valence-corrected chi connectivity index (χ3v) is 4.19. The number of halogens is 1. The Balaban J connectivity index is 2.03. The zero-order valence-electron chi connectivity index (χ0n) is 10.4. The summed E-state index contributed by atoms with van der Waals surface area (Å²) in [5.74, 6) is 0.746. The molecule has 0 amide bonds. The van der Waals surface area contributed by atoms with Crippen LogP contribution in [0.25, 0.3) is 0 Å². The average molecular weight is 312 g/mol. The number of nitrogens with two attached hydrogens (primary N) is 1. The number of anilines is 1. The molecule has 0 spiro atoms. The molecule has 0 fully saturated rings. The van der Waals surface area contributed by atoms with Crippen molar-refractivity contribution < 1.29 is 0 Å². The van der Waals surface area contributed by atoms with Crippen molar-refractivity contribution in [1.29, 1.82) is 0 Å². The number of nitrogens with one attached hydrogen (secondary N) is 1. The van der Waals surface area contributed by atoms with Gasteiger partial charge in [-0.05, 0) is 37.1 Å². The lowest BCUT2D eigenvalue weighted by molar-refractivity contribution is 1.02. The van der Waals surface area contributed by atoms with Crippen LogP contribution in [0.3, 0.4) is 0 Å². The lowest BCUT2D eigenvalue weighted by Gasteiger charge is -2.11. The summed E-state index contributed by atoms with van der Waals surface area (Å²) in [6.45, 7) is 2.74. The molecule has 3 N–H and O–H groups in total. The van der Waals surface area contributed by atoms with Crippen LogP contribution in [0.4, 0.5) is 5.82 Å². The molecule has 19 heavy (non-hydrogen) atoms. The van der Waals surface area contributed by atoms with E-state index in [1.165, 1.54) is 4.88 Å². The van der Waals surface area contributed by atoms with Crippen molar-refractivity contribution in [3.63, 3.8) is 0 Å². The third-order valence-electron chi connectivity index (χ3n) is 2.70. The quantitative estimate of drug-likeness (QED) is 0.831. The highest BCUT2D eigenvalue weighted by Gasteiger charge is 2.09. The zero-order valence-corrected chi connectivity index (χ0v) is 12.8. The van der Waals surface area contributed by atoms with Crippen LogP contribution in [0.5, 0.6) is 0 Å². The number of nitrogens with zero attached hydrogens (tertiary/aromatic N) is 1. The van der Waals surface area contributed by atoms with Gasteiger partial charge < -0.3 is 11.1 Å². The highest BCUT2D eigenvalue weighted by atomic mass is 35.5. The summed E-state index contributed by atoms with van der Waals surface area (Å²) in [4.78, 5) is 5.90. The Labute approximate surface area is 126 Å². The number of pyridine rings is 1. The molecule has 0 bridgehead atoms. The van der Waals surface area contributed by atoms with Gasteiger partial charge in [0.1, 0.15) is 10.8 Å². The first kappa shape index (κ1) is 14.2. The molecule has 100 valence electrons. The van der Waals surface area contributed by atoms with E-state index in [0.29, 0.717) is 4.99 Å². The summed E-state index contributed by atoms with van der Waals surface area (Å²) < 4.78 is 0.813. The van der Waals surface area contributed by atoms with E-state index < -0.39 is 0 Å². The predicted molar refractivity (Wildman–Crippen MR) is 86.4 cm³/mol. The molecule has 2 heterocycles. The van der Waals surface area contributed by atoms with Crippen LogP contribution < -0.4 is 11.1 Å². The SMILES string of the molecule is Cc1ccnc(NCCc2ccc(Cl)s2)c1C(N)=S. The van der Waals surface area contributed by atoms with Crippen LogP contribution in [-0.4, -0.2) is 16.5 Å². The van der Waals surface area contributed by atoms with Gasteiger partial charge in [-0.1, -0.05) is 23.8 Å². The minimum atomic E-state index is 0.368. The van der Waals surface area contributed by atoms with Gasteiger partial charge in [0.25, 0.3) is 0 Å². The lowest BCUT2D eigenvalue weighted by Crippen LogP contribution is -2.17.